The van der Waals surface area contributed by atoms with Crippen molar-refractivity contribution in [3.63, 3.8) is 0 Å². The van der Waals surface area contributed by atoms with Crippen molar-refractivity contribution in [3.8, 4) is 5.75 Å². The highest BCUT2D eigenvalue weighted by Gasteiger charge is 2.16. The van der Waals surface area contributed by atoms with Gasteiger partial charge in [0.2, 0.25) is 5.91 Å². The molecule has 9 heteroatoms. The van der Waals surface area contributed by atoms with Gasteiger partial charge in [0.15, 0.2) is 0 Å². The first kappa shape index (κ1) is 26.2. The Hall–Kier alpha value is -2.42. The summed E-state index contributed by atoms with van der Waals surface area (Å²) in [6, 6.07) is 17.3. The van der Waals surface area contributed by atoms with Crippen molar-refractivity contribution in [1.82, 2.24) is 9.88 Å². The van der Waals surface area contributed by atoms with E-state index in [0.717, 1.165) is 22.2 Å². The molecule has 0 radical (unpaired) electrons. The molecule has 1 heterocycles. The van der Waals surface area contributed by atoms with Gasteiger partial charge in [-0.05, 0) is 35.9 Å². The van der Waals surface area contributed by atoms with Crippen LogP contribution in [-0.4, -0.2) is 52.5 Å². The molecule has 3 rings (SSSR count). The first-order valence-electron chi connectivity index (χ1n) is 10.7. The number of aromatic nitrogens is 1. The zero-order valence-electron chi connectivity index (χ0n) is 19.1. The van der Waals surface area contributed by atoms with Gasteiger partial charge < -0.3 is 14.7 Å². The van der Waals surface area contributed by atoms with E-state index < -0.39 is 5.97 Å². The highest BCUT2D eigenvalue weighted by molar-refractivity contribution is 8.16. The van der Waals surface area contributed by atoms with Gasteiger partial charge in [-0.25, -0.2) is 4.98 Å². The molecule has 6 nitrogen and oxygen atoms in total. The number of carboxylic acid groups (broad SMARTS) is 1. The van der Waals surface area contributed by atoms with Crippen LogP contribution in [0.1, 0.15) is 28.7 Å². The van der Waals surface area contributed by atoms with Gasteiger partial charge in [-0.15, -0.1) is 23.5 Å². The maximum Gasteiger partial charge on any atom is 0.304 e. The maximum atomic E-state index is 11.9. The van der Waals surface area contributed by atoms with Gasteiger partial charge in [-0.1, -0.05) is 35.9 Å². The highest BCUT2D eigenvalue weighted by Crippen LogP contribution is 2.41. The zero-order chi connectivity index (χ0) is 24.5. The number of carbonyl (C=O) groups excluding carboxylic acids is 1. The van der Waals surface area contributed by atoms with Crippen LogP contribution in [0.25, 0.3) is 10.9 Å². The minimum atomic E-state index is -0.819. The monoisotopic (exact) mass is 518 g/mol. The first-order chi connectivity index (χ1) is 16.3. The van der Waals surface area contributed by atoms with E-state index in [9.17, 15) is 9.59 Å². The van der Waals surface area contributed by atoms with E-state index in [1.165, 1.54) is 0 Å². The lowest BCUT2D eigenvalue weighted by atomic mass is 10.2. The minimum absolute atomic E-state index is 0.00111. The van der Waals surface area contributed by atoms with Crippen LogP contribution in [0.3, 0.4) is 0 Å². The molecule has 0 bridgehead atoms. The fourth-order valence-corrected chi connectivity index (χ4v) is 5.91. The number of ether oxygens (including phenoxy) is 1. The van der Waals surface area contributed by atoms with Gasteiger partial charge in [0, 0.05) is 42.4 Å². The molecule has 180 valence electrons. The fourth-order valence-electron chi connectivity index (χ4n) is 3.09. The van der Waals surface area contributed by atoms with Crippen LogP contribution in [0.2, 0.25) is 5.02 Å². The predicted octanol–water partition coefficient (Wildman–Crippen LogP) is 5.89. The Morgan fingerprint density at radius 1 is 1.06 bits per heavy atom. The molecule has 3 aromatic rings. The molecule has 0 aliphatic carbocycles. The standard InChI is InChI=1S/C25H27ClN2O4S2/c1-28(2)23(29)10-12-33-25(34-13-11-24(30)31)18-4-3-5-21(14-18)32-16-20-9-7-17-6-8-19(26)15-22(17)27-20/h3-9,14-15,25H,10-13,16H2,1-2H3,(H,30,31). The number of halogens is 1. The van der Waals surface area contributed by atoms with Crippen molar-refractivity contribution in [3.05, 3.63) is 70.9 Å². The van der Waals surface area contributed by atoms with E-state index in [2.05, 4.69) is 4.98 Å². The number of amides is 1. The number of carbonyl (C=O) groups is 2. The number of benzene rings is 2. The number of rotatable bonds is 12. The zero-order valence-corrected chi connectivity index (χ0v) is 21.5. The lowest BCUT2D eigenvalue weighted by molar-refractivity contribution is -0.136. The van der Waals surface area contributed by atoms with Crippen LogP contribution in [0.4, 0.5) is 0 Å². The van der Waals surface area contributed by atoms with Crippen molar-refractivity contribution in [2.45, 2.75) is 24.0 Å². The molecule has 34 heavy (non-hydrogen) atoms. The lowest BCUT2D eigenvalue weighted by Crippen LogP contribution is -2.21. The summed E-state index contributed by atoms with van der Waals surface area (Å²) in [6.07, 6.45) is 0.522. The lowest BCUT2D eigenvalue weighted by Gasteiger charge is -2.18. The molecule has 0 spiro atoms. The Labute approximate surface area is 213 Å². The van der Waals surface area contributed by atoms with Crippen LogP contribution >= 0.6 is 35.1 Å². The second-order valence-electron chi connectivity index (χ2n) is 7.76. The average Bonchev–Trinajstić information content (AvgIpc) is 2.81. The Morgan fingerprint density at radius 2 is 1.79 bits per heavy atom. The summed E-state index contributed by atoms with van der Waals surface area (Å²) in [5.41, 5.74) is 2.64. The molecule has 0 saturated heterocycles. The number of hydrogen-bond acceptors (Lipinski definition) is 6. The van der Waals surface area contributed by atoms with Gasteiger partial charge >= 0.3 is 5.97 Å². The summed E-state index contributed by atoms with van der Waals surface area (Å²) in [5, 5.41) is 10.7. The molecular formula is C25H27ClN2O4S2. The number of hydrogen-bond donors (Lipinski definition) is 1. The molecule has 1 aromatic heterocycles. The van der Waals surface area contributed by atoms with Gasteiger partial charge in [-0.2, -0.15) is 0 Å². The predicted molar refractivity (Wildman–Crippen MR) is 141 cm³/mol. The summed E-state index contributed by atoms with van der Waals surface area (Å²) >= 11 is 9.29. The van der Waals surface area contributed by atoms with Crippen LogP contribution in [0, 0.1) is 0 Å². The van der Waals surface area contributed by atoms with Crippen molar-refractivity contribution < 1.29 is 19.4 Å². The van der Waals surface area contributed by atoms with Crippen LogP contribution in [-0.2, 0) is 16.2 Å². The van der Waals surface area contributed by atoms with Crippen LogP contribution < -0.4 is 4.74 Å². The second kappa shape index (κ2) is 12.9. The third kappa shape index (κ3) is 8.11. The van der Waals surface area contributed by atoms with Gasteiger partial charge in [0.1, 0.15) is 12.4 Å². The van der Waals surface area contributed by atoms with Gasteiger partial charge in [-0.3, -0.25) is 9.59 Å². The summed E-state index contributed by atoms with van der Waals surface area (Å²) in [6.45, 7) is 0.313. The van der Waals surface area contributed by atoms with Gasteiger partial charge in [0.25, 0.3) is 0 Å². The topological polar surface area (TPSA) is 79.7 Å². The highest BCUT2D eigenvalue weighted by atomic mass is 35.5. The number of carboxylic acids is 1. The van der Waals surface area contributed by atoms with E-state index in [1.54, 1.807) is 42.5 Å². The van der Waals surface area contributed by atoms with E-state index in [0.29, 0.717) is 35.3 Å². The molecule has 2 aromatic carbocycles. The van der Waals surface area contributed by atoms with Crippen molar-refractivity contribution in [2.24, 2.45) is 0 Å². The van der Waals surface area contributed by atoms with E-state index in [4.69, 9.17) is 21.4 Å². The van der Waals surface area contributed by atoms with Crippen molar-refractivity contribution >= 4 is 57.9 Å². The van der Waals surface area contributed by atoms with Crippen molar-refractivity contribution in [1.29, 1.82) is 0 Å². The SMILES string of the molecule is CN(C)C(=O)CCSC(SCCC(=O)O)c1cccc(OCc2ccc3ccc(Cl)cc3n2)c1. The summed E-state index contributed by atoms with van der Waals surface area (Å²) in [5.74, 6) is 1.10. The Balaban J connectivity index is 1.67. The van der Waals surface area contributed by atoms with Crippen LogP contribution in [0.5, 0.6) is 5.75 Å². The molecule has 0 aliphatic rings. The molecule has 1 N–H and O–H groups in total. The first-order valence-corrected chi connectivity index (χ1v) is 13.2. The third-order valence-corrected chi connectivity index (χ3v) is 7.98. The number of thioether (sulfide) groups is 2. The number of aliphatic carboxylic acids is 1. The number of fused-ring (bicyclic) bond motifs is 1. The summed E-state index contributed by atoms with van der Waals surface area (Å²) in [4.78, 5) is 29.1. The Bertz CT molecular complexity index is 1140. The Kier molecular flexibility index (Phi) is 9.92. The number of nitrogens with zero attached hydrogens (tertiary/aromatic N) is 2. The largest absolute Gasteiger partial charge is 0.487 e. The minimum Gasteiger partial charge on any atom is -0.487 e. The summed E-state index contributed by atoms with van der Waals surface area (Å²) < 4.78 is 6.01. The molecule has 1 atom stereocenters. The number of pyridine rings is 1. The van der Waals surface area contributed by atoms with Crippen LogP contribution in [0.15, 0.2) is 54.6 Å². The molecule has 0 saturated carbocycles. The maximum absolute atomic E-state index is 11.9. The fraction of sp³-hybridized carbons (Fsp3) is 0.320. The normalized spacial score (nSPS) is 11.9. The Morgan fingerprint density at radius 3 is 2.53 bits per heavy atom. The molecule has 0 aliphatic heterocycles. The van der Waals surface area contributed by atoms with E-state index in [1.807, 2.05) is 54.6 Å². The quantitative estimate of drug-likeness (QED) is 0.300. The van der Waals surface area contributed by atoms with Gasteiger partial charge in [0.05, 0.1) is 22.2 Å². The van der Waals surface area contributed by atoms with Crippen molar-refractivity contribution in [2.75, 3.05) is 25.6 Å². The van der Waals surface area contributed by atoms with E-state index >= 15 is 0 Å². The molecule has 0 fully saturated rings. The molecule has 1 unspecified atom stereocenters. The van der Waals surface area contributed by atoms with E-state index in [-0.39, 0.29) is 16.9 Å². The smallest absolute Gasteiger partial charge is 0.304 e. The molecular weight excluding hydrogens is 492 g/mol. The second-order valence-corrected chi connectivity index (χ2v) is 10.9. The molecule has 1 amide bonds. The summed E-state index contributed by atoms with van der Waals surface area (Å²) in [7, 11) is 3.48. The third-order valence-electron chi connectivity index (χ3n) is 4.90. The average molecular weight is 519 g/mol.